The number of carboxylic acid groups (broad SMARTS) is 1. The van der Waals surface area contributed by atoms with Crippen LogP contribution in [0.15, 0.2) is 36.5 Å². The van der Waals surface area contributed by atoms with E-state index in [1.54, 1.807) is 24.3 Å². The van der Waals surface area contributed by atoms with Gasteiger partial charge in [-0.05, 0) is 12.1 Å². The Morgan fingerprint density at radius 3 is 2.74 bits per heavy atom. The third-order valence-corrected chi connectivity index (χ3v) is 2.68. The lowest BCUT2D eigenvalue weighted by molar-refractivity contribution is 0.0697. The molecular weight excluding hydrogens is 242 g/mol. The molecule has 0 fully saturated rings. The van der Waals surface area contributed by atoms with Crippen molar-refractivity contribution in [3.8, 4) is 29.2 Å². The maximum atomic E-state index is 11.3. The third kappa shape index (κ3) is 2.40. The number of carbonyl (C=O) groups is 1. The van der Waals surface area contributed by atoms with E-state index in [2.05, 4.69) is 10.9 Å². The van der Waals surface area contributed by atoms with Crippen LogP contribution < -0.4 is 4.74 Å². The van der Waals surface area contributed by atoms with Gasteiger partial charge in [-0.1, -0.05) is 24.1 Å². The van der Waals surface area contributed by atoms with Gasteiger partial charge in [0.1, 0.15) is 11.4 Å². The molecule has 1 N–H and O–H groups in total. The highest BCUT2D eigenvalue weighted by Crippen LogP contribution is 2.32. The van der Waals surface area contributed by atoms with Gasteiger partial charge in [0.15, 0.2) is 0 Å². The summed E-state index contributed by atoms with van der Waals surface area (Å²) in [4.78, 5) is 15.2. The molecule has 0 unspecified atom stereocenters. The number of benzene rings is 1. The van der Waals surface area contributed by atoms with Gasteiger partial charge in [-0.15, -0.1) is 6.42 Å². The number of hydrogen-bond donors (Lipinski definition) is 1. The summed E-state index contributed by atoms with van der Waals surface area (Å²) in [5.74, 6) is 1.92. The second kappa shape index (κ2) is 5.23. The van der Waals surface area contributed by atoms with E-state index in [9.17, 15) is 9.90 Å². The molecule has 0 aliphatic rings. The van der Waals surface area contributed by atoms with Crippen molar-refractivity contribution in [2.24, 2.45) is 0 Å². The Morgan fingerprint density at radius 1 is 1.37 bits per heavy atom. The average molecular weight is 253 g/mol. The SMILES string of the molecule is C#Cc1cc(-c2ccccc2OC)c(C(=O)O)cn1. The second-order valence-corrected chi connectivity index (χ2v) is 3.76. The van der Waals surface area contributed by atoms with Crippen LogP contribution in [-0.2, 0) is 0 Å². The molecule has 0 atom stereocenters. The van der Waals surface area contributed by atoms with Gasteiger partial charge in [0.2, 0.25) is 0 Å². The summed E-state index contributed by atoms with van der Waals surface area (Å²) in [7, 11) is 1.53. The van der Waals surface area contributed by atoms with E-state index in [0.29, 0.717) is 22.6 Å². The zero-order valence-electron chi connectivity index (χ0n) is 10.3. The lowest BCUT2D eigenvalue weighted by Gasteiger charge is -2.11. The summed E-state index contributed by atoms with van der Waals surface area (Å²) in [5.41, 5.74) is 1.63. The van der Waals surface area contributed by atoms with Crippen LogP contribution in [0.4, 0.5) is 0 Å². The van der Waals surface area contributed by atoms with Crippen molar-refractivity contribution in [2.45, 2.75) is 0 Å². The number of rotatable bonds is 3. The number of nitrogens with zero attached hydrogens (tertiary/aromatic N) is 1. The molecule has 4 heteroatoms. The number of carboxylic acids is 1. The summed E-state index contributed by atoms with van der Waals surface area (Å²) in [6.45, 7) is 0. The second-order valence-electron chi connectivity index (χ2n) is 3.76. The molecule has 0 saturated heterocycles. The molecule has 0 spiro atoms. The maximum Gasteiger partial charge on any atom is 0.337 e. The molecule has 1 aromatic carbocycles. The quantitative estimate of drug-likeness (QED) is 0.853. The topological polar surface area (TPSA) is 59.4 Å². The van der Waals surface area contributed by atoms with Gasteiger partial charge >= 0.3 is 5.97 Å². The number of hydrogen-bond acceptors (Lipinski definition) is 3. The minimum Gasteiger partial charge on any atom is -0.496 e. The molecular formula is C15H11NO3. The normalized spacial score (nSPS) is 9.68. The van der Waals surface area contributed by atoms with Crippen LogP contribution in [-0.4, -0.2) is 23.2 Å². The first-order chi connectivity index (χ1) is 9.17. The van der Waals surface area contributed by atoms with Gasteiger partial charge < -0.3 is 9.84 Å². The Balaban J connectivity index is 2.72. The molecule has 0 aliphatic heterocycles. The molecule has 0 saturated carbocycles. The summed E-state index contributed by atoms with van der Waals surface area (Å²) >= 11 is 0. The predicted octanol–water partition coefficient (Wildman–Crippen LogP) is 2.44. The van der Waals surface area contributed by atoms with Gasteiger partial charge in [0.05, 0.1) is 12.7 Å². The number of terminal acetylenes is 1. The molecule has 0 amide bonds. The first kappa shape index (κ1) is 12.7. The lowest BCUT2D eigenvalue weighted by Crippen LogP contribution is -2.02. The molecule has 19 heavy (non-hydrogen) atoms. The maximum absolute atomic E-state index is 11.3. The van der Waals surface area contributed by atoms with Crippen LogP contribution in [0, 0.1) is 12.3 Å². The smallest absolute Gasteiger partial charge is 0.337 e. The van der Waals surface area contributed by atoms with Crippen LogP contribution in [0.2, 0.25) is 0 Å². The molecule has 2 rings (SSSR count). The van der Waals surface area contributed by atoms with E-state index >= 15 is 0 Å². The van der Waals surface area contributed by atoms with Crippen LogP contribution in [0.3, 0.4) is 0 Å². The van der Waals surface area contributed by atoms with E-state index in [1.165, 1.54) is 13.3 Å². The van der Waals surface area contributed by atoms with Crippen molar-refractivity contribution >= 4 is 5.97 Å². The number of para-hydroxylation sites is 1. The fourth-order valence-electron chi connectivity index (χ4n) is 1.79. The van der Waals surface area contributed by atoms with E-state index in [0.717, 1.165) is 0 Å². The monoisotopic (exact) mass is 253 g/mol. The van der Waals surface area contributed by atoms with Crippen molar-refractivity contribution in [3.05, 3.63) is 47.8 Å². The van der Waals surface area contributed by atoms with Gasteiger partial charge in [0.25, 0.3) is 0 Å². The Morgan fingerprint density at radius 2 is 2.11 bits per heavy atom. The minimum atomic E-state index is -1.06. The van der Waals surface area contributed by atoms with Crippen LogP contribution in [0.25, 0.3) is 11.1 Å². The van der Waals surface area contributed by atoms with Gasteiger partial charge in [-0.2, -0.15) is 0 Å². The van der Waals surface area contributed by atoms with Crippen LogP contribution in [0.5, 0.6) is 5.75 Å². The fraction of sp³-hybridized carbons (Fsp3) is 0.0667. The molecule has 0 radical (unpaired) electrons. The summed E-state index contributed by atoms with van der Waals surface area (Å²) in [6.07, 6.45) is 6.57. The Labute approximate surface area is 110 Å². The fourth-order valence-corrected chi connectivity index (χ4v) is 1.79. The molecule has 4 nitrogen and oxygen atoms in total. The molecule has 0 aliphatic carbocycles. The highest BCUT2D eigenvalue weighted by Gasteiger charge is 2.15. The van der Waals surface area contributed by atoms with Gasteiger partial charge in [0, 0.05) is 17.3 Å². The van der Waals surface area contributed by atoms with Crippen molar-refractivity contribution in [1.29, 1.82) is 0 Å². The Bertz CT molecular complexity index is 671. The number of ether oxygens (including phenoxy) is 1. The van der Waals surface area contributed by atoms with Crippen molar-refractivity contribution < 1.29 is 14.6 Å². The minimum absolute atomic E-state index is 0.0866. The summed E-state index contributed by atoms with van der Waals surface area (Å²) in [6, 6.07) is 8.73. The largest absolute Gasteiger partial charge is 0.496 e. The molecule has 0 bridgehead atoms. The van der Waals surface area contributed by atoms with Crippen LogP contribution in [0.1, 0.15) is 16.1 Å². The number of aromatic nitrogens is 1. The van der Waals surface area contributed by atoms with Gasteiger partial charge in [-0.25, -0.2) is 9.78 Å². The standard InChI is InChI=1S/C15H11NO3/c1-3-10-8-12(13(9-16-10)15(17)18)11-6-4-5-7-14(11)19-2/h1,4-9H,2H3,(H,17,18). The molecule has 1 heterocycles. The van der Waals surface area contributed by atoms with Crippen molar-refractivity contribution in [2.75, 3.05) is 7.11 Å². The number of methoxy groups -OCH3 is 1. The molecule has 2 aromatic rings. The van der Waals surface area contributed by atoms with Crippen molar-refractivity contribution in [1.82, 2.24) is 4.98 Å². The first-order valence-corrected chi connectivity index (χ1v) is 5.50. The average Bonchev–Trinajstić information content (AvgIpc) is 2.46. The van der Waals surface area contributed by atoms with E-state index < -0.39 is 5.97 Å². The third-order valence-electron chi connectivity index (χ3n) is 2.68. The summed E-state index contributed by atoms with van der Waals surface area (Å²) < 4.78 is 5.24. The lowest BCUT2D eigenvalue weighted by atomic mass is 9.99. The number of pyridine rings is 1. The van der Waals surface area contributed by atoms with E-state index in [1.807, 2.05) is 6.07 Å². The summed E-state index contributed by atoms with van der Waals surface area (Å²) in [5, 5.41) is 9.22. The van der Waals surface area contributed by atoms with E-state index in [4.69, 9.17) is 11.2 Å². The highest BCUT2D eigenvalue weighted by molar-refractivity contribution is 5.96. The zero-order valence-corrected chi connectivity index (χ0v) is 10.3. The zero-order chi connectivity index (χ0) is 13.8. The van der Waals surface area contributed by atoms with E-state index in [-0.39, 0.29) is 5.56 Å². The van der Waals surface area contributed by atoms with Crippen LogP contribution >= 0.6 is 0 Å². The number of aromatic carboxylic acids is 1. The Kier molecular flexibility index (Phi) is 3.48. The molecule has 1 aromatic heterocycles. The highest BCUT2D eigenvalue weighted by atomic mass is 16.5. The Hall–Kier alpha value is -2.80. The van der Waals surface area contributed by atoms with Crippen molar-refractivity contribution in [3.63, 3.8) is 0 Å². The van der Waals surface area contributed by atoms with Gasteiger partial charge in [-0.3, -0.25) is 0 Å². The predicted molar refractivity (Wildman–Crippen MR) is 71.1 cm³/mol. The molecule has 94 valence electrons. The first-order valence-electron chi connectivity index (χ1n) is 5.50.